The van der Waals surface area contributed by atoms with Gasteiger partial charge in [0.05, 0.1) is 12.9 Å². The Hall–Kier alpha value is -1.93. The zero-order valence-electron chi connectivity index (χ0n) is 10.00. The van der Waals surface area contributed by atoms with Gasteiger partial charge in [-0.15, -0.1) is 0 Å². The van der Waals surface area contributed by atoms with E-state index < -0.39 is 0 Å². The van der Waals surface area contributed by atoms with Gasteiger partial charge in [0.15, 0.2) is 0 Å². The molecule has 92 valence electrons. The molecule has 0 saturated carbocycles. The van der Waals surface area contributed by atoms with Crippen LogP contribution in [0.5, 0.6) is 0 Å². The maximum atomic E-state index is 12.0. The molecule has 0 bridgehead atoms. The zero-order chi connectivity index (χ0) is 12.6. The fourth-order valence-electron chi connectivity index (χ4n) is 1.83. The van der Waals surface area contributed by atoms with E-state index in [4.69, 9.17) is 4.74 Å². The molecule has 0 amide bonds. The molecule has 18 heavy (non-hydrogen) atoms. The summed E-state index contributed by atoms with van der Waals surface area (Å²) in [6.07, 6.45) is 1.70. The Bertz CT molecular complexity index is 439. The molecular formula is C16H15FO. The summed E-state index contributed by atoms with van der Waals surface area (Å²) in [6.45, 7) is 0.255. The molecule has 0 aromatic heterocycles. The second-order valence-corrected chi connectivity index (χ2v) is 3.90. The highest BCUT2D eigenvalue weighted by Crippen LogP contribution is 2.25. The van der Waals surface area contributed by atoms with Gasteiger partial charge in [-0.1, -0.05) is 60.7 Å². The van der Waals surface area contributed by atoms with E-state index in [2.05, 4.69) is 0 Å². The van der Waals surface area contributed by atoms with Crippen molar-refractivity contribution in [1.29, 1.82) is 0 Å². The van der Waals surface area contributed by atoms with Crippen molar-refractivity contribution in [3.05, 3.63) is 84.2 Å². The largest absolute Gasteiger partial charge is 0.365 e. The van der Waals surface area contributed by atoms with Crippen LogP contribution in [0, 0.1) is 0 Å². The molecule has 0 N–H and O–H groups in total. The first-order valence-electron chi connectivity index (χ1n) is 5.88. The Balaban J connectivity index is 2.23. The quantitative estimate of drug-likeness (QED) is 0.760. The van der Waals surface area contributed by atoms with Crippen LogP contribution in [-0.2, 0) is 4.74 Å². The summed E-state index contributed by atoms with van der Waals surface area (Å²) < 4.78 is 17.7. The van der Waals surface area contributed by atoms with Crippen LogP contribution >= 0.6 is 0 Å². The van der Waals surface area contributed by atoms with Gasteiger partial charge in [-0.2, -0.15) is 0 Å². The number of halogens is 1. The maximum Gasteiger partial charge on any atom is 0.108 e. The third-order valence-electron chi connectivity index (χ3n) is 2.65. The Kier molecular flexibility index (Phi) is 4.68. The highest BCUT2D eigenvalue weighted by Gasteiger charge is 2.13. The van der Waals surface area contributed by atoms with Crippen LogP contribution in [-0.4, -0.2) is 6.61 Å². The number of hydrogen-bond acceptors (Lipinski definition) is 1. The molecule has 2 rings (SSSR count). The highest BCUT2D eigenvalue weighted by atomic mass is 19.1. The summed E-state index contributed by atoms with van der Waals surface area (Å²) in [7, 11) is 0. The first-order valence-corrected chi connectivity index (χ1v) is 5.88. The van der Waals surface area contributed by atoms with E-state index in [0.717, 1.165) is 11.1 Å². The first kappa shape index (κ1) is 12.5. The maximum absolute atomic E-state index is 12.0. The number of benzene rings is 2. The number of rotatable bonds is 5. The average Bonchev–Trinajstić information content (AvgIpc) is 2.46. The molecule has 1 nitrogen and oxygen atoms in total. The van der Waals surface area contributed by atoms with Gasteiger partial charge < -0.3 is 4.74 Å². The molecular weight excluding hydrogens is 227 g/mol. The van der Waals surface area contributed by atoms with Gasteiger partial charge in [0.1, 0.15) is 6.10 Å². The van der Waals surface area contributed by atoms with E-state index in [9.17, 15) is 4.39 Å². The summed E-state index contributed by atoms with van der Waals surface area (Å²) in [5.41, 5.74) is 2.13. The molecule has 0 aliphatic rings. The van der Waals surface area contributed by atoms with Crippen molar-refractivity contribution in [1.82, 2.24) is 0 Å². The predicted octanol–water partition coefficient (Wildman–Crippen LogP) is 4.28. The molecule has 0 heterocycles. The van der Waals surface area contributed by atoms with Crippen molar-refractivity contribution < 1.29 is 9.13 Å². The van der Waals surface area contributed by atoms with Crippen molar-refractivity contribution in [2.45, 2.75) is 6.10 Å². The van der Waals surface area contributed by atoms with Gasteiger partial charge in [-0.3, -0.25) is 0 Å². The highest BCUT2D eigenvalue weighted by molar-refractivity contribution is 5.29. The van der Waals surface area contributed by atoms with Crippen LogP contribution in [0.25, 0.3) is 0 Å². The molecule has 0 saturated heterocycles. The molecule has 2 heteroatoms. The minimum absolute atomic E-state index is 0.163. The molecule has 0 aliphatic carbocycles. The molecule has 2 aromatic carbocycles. The van der Waals surface area contributed by atoms with E-state index in [1.807, 2.05) is 60.7 Å². The third kappa shape index (κ3) is 3.28. The minimum atomic E-state index is -0.163. The Morgan fingerprint density at radius 3 is 1.83 bits per heavy atom. The van der Waals surface area contributed by atoms with Gasteiger partial charge >= 0.3 is 0 Å². The fraction of sp³-hybridized carbons (Fsp3) is 0.125. The van der Waals surface area contributed by atoms with Crippen LogP contribution in [0.1, 0.15) is 17.2 Å². The second kappa shape index (κ2) is 6.72. The zero-order valence-corrected chi connectivity index (χ0v) is 10.00. The SMILES string of the molecule is FC=CCOC(c1ccccc1)c1ccccc1. The first-order chi connectivity index (χ1) is 8.92. The second-order valence-electron chi connectivity index (χ2n) is 3.90. The summed E-state index contributed by atoms with van der Waals surface area (Å²) >= 11 is 0. The summed E-state index contributed by atoms with van der Waals surface area (Å²) in [4.78, 5) is 0. The molecule has 0 fully saturated rings. The van der Waals surface area contributed by atoms with E-state index in [1.54, 1.807) is 0 Å². The predicted molar refractivity (Wildman–Crippen MR) is 70.9 cm³/mol. The molecule has 0 atom stereocenters. The van der Waals surface area contributed by atoms with Crippen LogP contribution in [0.3, 0.4) is 0 Å². The summed E-state index contributed by atoms with van der Waals surface area (Å²) in [5, 5.41) is 0. The van der Waals surface area contributed by atoms with Crippen LogP contribution in [0.2, 0.25) is 0 Å². The van der Waals surface area contributed by atoms with Gasteiger partial charge in [0.2, 0.25) is 0 Å². The van der Waals surface area contributed by atoms with Crippen molar-refractivity contribution in [3.63, 3.8) is 0 Å². The molecule has 0 unspecified atom stereocenters. The lowest BCUT2D eigenvalue weighted by Crippen LogP contribution is -2.06. The van der Waals surface area contributed by atoms with Crippen molar-refractivity contribution in [3.8, 4) is 0 Å². The van der Waals surface area contributed by atoms with Gasteiger partial charge in [0.25, 0.3) is 0 Å². The van der Waals surface area contributed by atoms with Gasteiger partial charge in [-0.05, 0) is 17.2 Å². The van der Waals surface area contributed by atoms with Gasteiger partial charge in [-0.25, -0.2) is 4.39 Å². The Morgan fingerprint density at radius 2 is 1.39 bits per heavy atom. The smallest absolute Gasteiger partial charge is 0.108 e. The standard InChI is InChI=1S/C16H15FO/c17-12-7-13-18-16(14-8-3-1-4-9-14)15-10-5-2-6-11-15/h1-12,16H,13H2. The van der Waals surface area contributed by atoms with Crippen molar-refractivity contribution in [2.24, 2.45) is 0 Å². The molecule has 0 spiro atoms. The molecule has 0 radical (unpaired) electrons. The lowest BCUT2D eigenvalue weighted by molar-refractivity contribution is 0.104. The van der Waals surface area contributed by atoms with Crippen LogP contribution < -0.4 is 0 Å². The van der Waals surface area contributed by atoms with Crippen molar-refractivity contribution in [2.75, 3.05) is 6.61 Å². The van der Waals surface area contributed by atoms with Crippen LogP contribution in [0.4, 0.5) is 4.39 Å². The lowest BCUT2D eigenvalue weighted by Gasteiger charge is -2.17. The number of hydrogen-bond donors (Lipinski definition) is 0. The van der Waals surface area contributed by atoms with E-state index in [1.165, 1.54) is 6.08 Å². The number of ether oxygens (including phenoxy) is 1. The average molecular weight is 242 g/mol. The summed E-state index contributed by atoms with van der Waals surface area (Å²) in [6, 6.07) is 19.9. The topological polar surface area (TPSA) is 9.23 Å². The van der Waals surface area contributed by atoms with E-state index >= 15 is 0 Å². The fourth-order valence-corrected chi connectivity index (χ4v) is 1.83. The normalized spacial score (nSPS) is 11.2. The van der Waals surface area contributed by atoms with E-state index in [0.29, 0.717) is 6.33 Å². The van der Waals surface area contributed by atoms with Crippen LogP contribution in [0.15, 0.2) is 73.1 Å². The third-order valence-corrected chi connectivity index (χ3v) is 2.65. The van der Waals surface area contributed by atoms with Gasteiger partial charge in [0, 0.05) is 0 Å². The lowest BCUT2D eigenvalue weighted by atomic mass is 10.0. The molecule has 2 aromatic rings. The Labute approximate surface area is 107 Å². The minimum Gasteiger partial charge on any atom is -0.365 e. The summed E-state index contributed by atoms with van der Waals surface area (Å²) in [5.74, 6) is 0. The van der Waals surface area contributed by atoms with Crippen molar-refractivity contribution >= 4 is 0 Å². The van der Waals surface area contributed by atoms with E-state index in [-0.39, 0.29) is 12.7 Å². The Morgan fingerprint density at radius 1 is 0.889 bits per heavy atom. The molecule has 0 aliphatic heterocycles. The monoisotopic (exact) mass is 242 g/mol.